The van der Waals surface area contributed by atoms with Gasteiger partial charge in [-0.1, -0.05) is 26.2 Å². The molecule has 94 valence electrons. The zero-order chi connectivity index (χ0) is 11.4. The fraction of sp³-hybridized carbons (Fsp3) is 1.00. The lowest BCUT2D eigenvalue weighted by Gasteiger charge is -2.33. The van der Waals surface area contributed by atoms with Gasteiger partial charge in [0.2, 0.25) is 0 Å². The first kappa shape index (κ1) is 12.4. The molecule has 0 aromatic heterocycles. The number of nitrogens with two attached hydrogens (primary N) is 1. The quantitative estimate of drug-likeness (QED) is 0.681. The van der Waals surface area contributed by atoms with E-state index >= 15 is 0 Å². The smallest absolute Gasteiger partial charge is 0.0166 e. The van der Waals surface area contributed by atoms with E-state index in [2.05, 4.69) is 12.2 Å². The lowest BCUT2D eigenvalue weighted by molar-refractivity contribution is 0.272. The lowest BCUT2D eigenvalue weighted by atomic mass is 9.80. The lowest BCUT2D eigenvalue weighted by Crippen LogP contribution is -2.44. The van der Waals surface area contributed by atoms with Gasteiger partial charge in [0.05, 0.1) is 0 Å². The summed E-state index contributed by atoms with van der Waals surface area (Å²) in [7, 11) is 0. The van der Waals surface area contributed by atoms with Crippen molar-refractivity contribution in [3.8, 4) is 0 Å². The van der Waals surface area contributed by atoms with Crippen LogP contribution in [0.3, 0.4) is 0 Å². The van der Waals surface area contributed by atoms with Gasteiger partial charge in [0.25, 0.3) is 0 Å². The van der Waals surface area contributed by atoms with Crippen LogP contribution >= 0.6 is 0 Å². The van der Waals surface area contributed by atoms with Gasteiger partial charge in [-0.25, -0.2) is 0 Å². The summed E-state index contributed by atoms with van der Waals surface area (Å²) in [5, 5.41) is 3.60. The fourth-order valence-electron chi connectivity index (χ4n) is 3.00. The van der Waals surface area contributed by atoms with Crippen LogP contribution < -0.4 is 11.1 Å². The minimum atomic E-state index is 0.161. The zero-order valence-electron chi connectivity index (χ0n) is 10.8. The van der Waals surface area contributed by atoms with Gasteiger partial charge in [-0.15, -0.1) is 0 Å². The van der Waals surface area contributed by atoms with Crippen molar-refractivity contribution in [1.82, 2.24) is 5.32 Å². The van der Waals surface area contributed by atoms with E-state index in [4.69, 9.17) is 5.73 Å². The van der Waals surface area contributed by atoms with Crippen molar-refractivity contribution in [2.45, 2.75) is 63.8 Å². The molecule has 0 saturated heterocycles. The van der Waals surface area contributed by atoms with Crippen LogP contribution in [-0.2, 0) is 0 Å². The largest absolute Gasteiger partial charge is 0.325 e. The van der Waals surface area contributed by atoms with Crippen LogP contribution in [-0.4, -0.2) is 18.6 Å². The summed E-state index contributed by atoms with van der Waals surface area (Å²) in [6, 6.07) is 0. The van der Waals surface area contributed by atoms with E-state index in [0.29, 0.717) is 0 Å². The fourth-order valence-corrected chi connectivity index (χ4v) is 3.00. The van der Waals surface area contributed by atoms with Crippen molar-refractivity contribution < 1.29 is 0 Å². The summed E-state index contributed by atoms with van der Waals surface area (Å²) in [6.45, 7) is 4.69. The predicted octanol–water partition coefficient (Wildman–Crippen LogP) is 2.67. The molecule has 2 heteroatoms. The van der Waals surface area contributed by atoms with E-state index in [1.54, 1.807) is 0 Å². The highest BCUT2D eigenvalue weighted by Crippen LogP contribution is 2.36. The van der Waals surface area contributed by atoms with Gasteiger partial charge < -0.3 is 11.1 Å². The van der Waals surface area contributed by atoms with Crippen LogP contribution in [0.5, 0.6) is 0 Å². The first-order chi connectivity index (χ1) is 7.70. The third-order valence-electron chi connectivity index (χ3n) is 4.54. The molecule has 0 heterocycles. The Morgan fingerprint density at radius 2 is 1.94 bits per heavy atom. The Morgan fingerprint density at radius 3 is 2.56 bits per heavy atom. The highest BCUT2D eigenvalue weighted by atomic mass is 14.9. The molecule has 1 atom stereocenters. The molecule has 2 aliphatic rings. The number of rotatable bonds is 6. The Bertz CT molecular complexity index is 205. The van der Waals surface area contributed by atoms with Gasteiger partial charge in [0.15, 0.2) is 0 Å². The van der Waals surface area contributed by atoms with Gasteiger partial charge in [-0.2, -0.15) is 0 Å². The second-order valence-corrected chi connectivity index (χ2v) is 6.19. The van der Waals surface area contributed by atoms with Crippen LogP contribution in [0.1, 0.15) is 58.3 Å². The first-order valence-corrected chi connectivity index (χ1v) is 7.19. The van der Waals surface area contributed by atoms with Crippen molar-refractivity contribution >= 4 is 0 Å². The summed E-state index contributed by atoms with van der Waals surface area (Å²) in [5.41, 5.74) is 6.57. The van der Waals surface area contributed by atoms with Crippen molar-refractivity contribution in [3.63, 3.8) is 0 Å². The minimum absolute atomic E-state index is 0.161. The highest BCUT2D eigenvalue weighted by molar-refractivity contribution is 4.88. The third-order valence-corrected chi connectivity index (χ3v) is 4.54. The molecule has 0 aliphatic heterocycles. The highest BCUT2D eigenvalue weighted by Gasteiger charge is 2.28. The second-order valence-electron chi connectivity index (χ2n) is 6.19. The third kappa shape index (κ3) is 3.74. The average molecular weight is 224 g/mol. The normalized spacial score (nSPS) is 26.6. The molecule has 3 N–H and O–H groups in total. The number of nitrogens with one attached hydrogen (secondary N) is 1. The van der Waals surface area contributed by atoms with Crippen LogP contribution in [0, 0.1) is 11.8 Å². The Balaban J connectivity index is 1.55. The van der Waals surface area contributed by atoms with Crippen LogP contribution in [0.15, 0.2) is 0 Å². The molecule has 0 radical (unpaired) electrons. The Morgan fingerprint density at radius 1 is 1.25 bits per heavy atom. The molecule has 0 amide bonds. The minimum Gasteiger partial charge on any atom is -0.325 e. The standard InChI is InChI=1S/C14H28N2/c1-12(13-5-6-13)11-16-10-9-14(15)7-3-2-4-8-14/h12-13,16H,2-11,15H2,1H3. The van der Waals surface area contributed by atoms with Gasteiger partial charge in [-0.3, -0.25) is 0 Å². The predicted molar refractivity (Wildman–Crippen MR) is 69.4 cm³/mol. The maximum atomic E-state index is 6.41. The van der Waals surface area contributed by atoms with E-state index in [1.165, 1.54) is 57.9 Å². The molecule has 16 heavy (non-hydrogen) atoms. The molecule has 0 aromatic carbocycles. The van der Waals surface area contributed by atoms with Gasteiger partial charge in [0, 0.05) is 5.54 Å². The van der Waals surface area contributed by atoms with Crippen molar-refractivity contribution in [2.75, 3.05) is 13.1 Å². The summed E-state index contributed by atoms with van der Waals surface area (Å²) < 4.78 is 0. The Labute approximate surface area is 100 Å². The number of hydrogen-bond donors (Lipinski definition) is 2. The monoisotopic (exact) mass is 224 g/mol. The average Bonchev–Trinajstić information content (AvgIpc) is 3.09. The Kier molecular flexibility index (Phi) is 4.26. The maximum absolute atomic E-state index is 6.41. The SMILES string of the molecule is CC(CNCCC1(N)CCCCC1)C1CC1. The van der Waals surface area contributed by atoms with Gasteiger partial charge >= 0.3 is 0 Å². The summed E-state index contributed by atoms with van der Waals surface area (Å²) in [6.07, 6.45) is 10.7. The summed E-state index contributed by atoms with van der Waals surface area (Å²) in [4.78, 5) is 0. The van der Waals surface area contributed by atoms with Crippen molar-refractivity contribution in [2.24, 2.45) is 17.6 Å². The van der Waals surface area contributed by atoms with Crippen molar-refractivity contribution in [1.29, 1.82) is 0 Å². The Hall–Kier alpha value is -0.0800. The molecule has 2 fully saturated rings. The molecule has 2 aliphatic carbocycles. The second kappa shape index (κ2) is 5.50. The van der Waals surface area contributed by atoms with Crippen LogP contribution in [0.4, 0.5) is 0 Å². The molecule has 2 rings (SSSR count). The maximum Gasteiger partial charge on any atom is 0.0166 e. The molecule has 2 saturated carbocycles. The molecular formula is C14H28N2. The van der Waals surface area contributed by atoms with Gasteiger partial charge in [-0.05, 0) is 57.0 Å². The van der Waals surface area contributed by atoms with E-state index in [-0.39, 0.29) is 5.54 Å². The summed E-state index contributed by atoms with van der Waals surface area (Å²) >= 11 is 0. The van der Waals surface area contributed by atoms with Crippen LogP contribution in [0.25, 0.3) is 0 Å². The van der Waals surface area contributed by atoms with E-state index in [0.717, 1.165) is 18.4 Å². The molecule has 0 bridgehead atoms. The molecule has 1 unspecified atom stereocenters. The summed E-state index contributed by atoms with van der Waals surface area (Å²) in [5.74, 6) is 1.90. The molecule has 2 nitrogen and oxygen atoms in total. The van der Waals surface area contributed by atoms with Gasteiger partial charge in [0.1, 0.15) is 0 Å². The number of hydrogen-bond acceptors (Lipinski definition) is 2. The molecule has 0 aromatic rings. The van der Waals surface area contributed by atoms with Crippen molar-refractivity contribution in [3.05, 3.63) is 0 Å². The topological polar surface area (TPSA) is 38.0 Å². The molecule has 0 spiro atoms. The van der Waals surface area contributed by atoms with Crippen LogP contribution in [0.2, 0.25) is 0 Å². The van der Waals surface area contributed by atoms with E-state index in [1.807, 2.05) is 0 Å². The van der Waals surface area contributed by atoms with E-state index < -0.39 is 0 Å². The van der Waals surface area contributed by atoms with E-state index in [9.17, 15) is 0 Å². The zero-order valence-corrected chi connectivity index (χ0v) is 10.8. The first-order valence-electron chi connectivity index (χ1n) is 7.19. The molecular weight excluding hydrogens is 196 g/mol.